The summed E-state index contributed by atoms with van der Waals surface area (Å²) in [6.45, 7) is 2.90. The fourth-order valence-corrected chi connectivity index (χ4v) is 3.32. The highest BCUT2D eigenvalue weighted by atomic mass is 16.2. The average Bonchev–Trinajstić information content (AvgIpc) is 2.78. The molecule has 0 aromatic heterocycles. The summed E-state index contributed by atoms with van der Waals surface area (Å²) in [5.41, 5.74) is 1.37. The number of rotatable bonds is 4. The molecule has 102 valence electrons. The second-order valence-electron chi connectivity index (χ2n) is 5.68. The van der Waals surface area contributed by atoms with Gasteiger partial charge in [-0.15, -0.1) is 0 Å². The van der Waals surface area contributed by atoms with Gasteiger partial charge in [-0.3, -0.25) is 4.79 Å². The zero-order chi connectivity index (χ0) is 13.1. The Morgan fingerprint density at radius 1 is 1.26 bits per heavy atom. The van der Waals surface area contributed by atoms with Gasteiger partial charge in [0.25, 0.3) is 0 Å². The molecule has 2 atom stereocenters. The van der Waals surface area contributed by atoms with Crippen molar-refractivity contribution in [2.45, 2.75) is 31.7 Å². The van der Waals surface area contributed by atoms with E-state index in [1.165, 1.54) is 5.56 Å². The van der Waals surface area contributed by atoms with Crippen LogP contribution < -0.4 is 5.32 Å². The molecular weight excluding hydrogens is 236 g/mol. The first kappa shape index (κ1) is 12.7. The van der Waals surface area contributed by atoms with Gasteiger partial charge in [-0.05, 0) is 37.8 Å². The number of fused-ring (bicyclic) bond motifs is 1. The standard InChI is InChI=1S/C16H22N2O/c19-16-14-9-4-10-17-15(14)12-18(16)11-5-8-13-6-2-1-3-7-13/h1-3,6-7,14-15,17H,4-5,8-12H2. The van der Waals surface area contributed by atoms with E-state index in [2.05, 4.69) is 34.5 Å². The van der Waals surface area contributed by atoms with Crippen molar-refractivity contribution in [1.29, 1.82) is 0 Å². The van der Waals surface area contributed by atoms with Crippen LogP contribution in [0.15, 0.2) is 30.3 Å². The van der Waals surface area contributed by atoms with Crippen molar-refractivity contribution in [3.8, 4) is 0 Å². The molecular formula is C16H22N2O. The largest absolute Gasteiger partial charge is 0.341 e. The van der Waals surface area contributed by atoms with Gasteiger partial charge in [0, 0.05) is 19.1 Å². The van der Waals surface area contributed by atoms with E-state index < -0.39 is 0 Å². The third kappa shape index (κ3) is 2.81. The summed E-state index contributed by atoms with van der Waals surface area (Å²) in [6.07, 6.45) is 4.35. The van der Waals surface area contributed by atoms with Crippen molar-refractivity contribution < 1.29 is 4.79 Å². The Kier molecular flexibility index (Phi) is 3.83. The molecule has 2 heterocycles. The number of carbonyl (C=O) groups is 1. The van der Waals surface area contributed by atoms with Crippen LogP contribution in [0.3, 0.4) is 0 Å². The van der Waals surface area contributed by atoms with E-state index in [-0.39, 0.29) is 5.92 Å². The first-order valence-corrected chi connectivity index (χ1v) is 7.41. The number of hydrogen-bond acceptors (Lipinski definition) is 2. The number of likely N-dealkylation sites (tertiary alicyclic amines) is 1. The zero-order valence-electron chi connectivity index (χ0n) is 11.3. The summed E-state index contributed by atoms with van der Waals surface area (Å²) < 4.78 is 0. The number of nitrogens with one attached hydrogen (secondary N) is 1. The van der Waals surface area contributed by atoms with Gasteiger partial charge in [-0.1, -0.05) is 30.3 Å². The Hall–Kier alpha value is -1.35. The Labute approximate surface area is 115 Å². The zero-order valence-corrected chi connectivity index (χ0v) is 11.3. The van der Waals surface area contributed by atoms with Gasteiger partial charge in [-0.25, -0.2) is 0 Å². The van der Waals surface area contributed by atoms with E-state index in [0.717, 1.165) is 45.3 Å². The lowest BCUT2D eigenvalue weighted by molar-refractivity contribution is -0.131. The minimum atomic E-state index is 0.255. The number of carbonyl (C=O) groups excluding carboxylic acids is 1. The predicted octanol–water partition coefficient (Wildman–Crippen LogP) is 1.83. The van der Waals surface area contributed by atoms with E-state index in [1.807, 2.05) is 6.07 Å². The normalized spacial score (nSPS) is 26.5. The van der Waals surface area contributed by atoms with Crippen LogP contribution in [-0.2, 0) is 11.2 Å². The molecule has 0 radical (unpaired) electrons. The van der Waals surface area contributed by atoms with Crippen molar-refractivity contribution >= 4 is 5.91 Å². The maximum absolute atomic E-state index is 12.3. The lowest BCUT2D eigenvalue weighted by Crippen LogP contribution is -2.41. The van der Waals surface area contributed by atoms with Crippen molar-refractivity contribution in [1.82, 2.24) is 10.2 Å². The molecule has 1 aromatic carbocycles. The number of piperidine rings is 1. The van der Waals surface area contributed by atoms with Crippen LogP contribution in [0.2, 0.25) is 0 Å². The van der Waals surface area contributed by atoms with Gasteiger partial charge in [0.1, 0.15) is 0 Å². The topological polar surface area (TPSA) is 32.3 Å². The maximum Gasteiger partial charge on any atom is 0.227 e. The number of hydrogen-bond donors (Lipinski definition) is 1. The van der Waals surface area contributed by atoms with Gasteiger partial charge in [0.2, 0.25) is 5.91 Å². The van der Waals surface area contributed by atoms with Crippen LogP contribution in [0.4, 0.5) is 0 Å². The molecule has 0 aliphatic carbocycles. The van der Waals surface area contributed by atoms with Gasteiger partial charge >= 0.3 is 0 Å². The molecule has 0 bridgehead atoms. The fraction of sp³-hybridized carbons (Fsp3) is 0.562. The van der Waals surface area contributed by atoms with E-state index in [4.69, 9.17) is 0 Å². The summed E-state index contributed by atoms with van der Waals surface area (Å²) in [6, 6.07) is 10.9. The highest BCUT2D eigenvalue weighted by Gasteiger charge is 2.40. The number of benzene rings is 1. The van der Waals surface area contributed by atoms with E-state index in [0.29, 0.717) is 11.9 Å². The van der Waals surface area contributed by atoms with Gasteiger partial charge < -0.3 is 10.2 Å². The molecule has 0 saturated carbocycles. The first-order valence-electron chi connectivity index (χ1n) is 7.41. The molecule has 2 fully saturated rings. The molecule has 3 nitrogen and oxygen atoms in total. The van der Waals surface area contributed by atoms with E-state index >= 15 is 0 Å². The summed E-state index contributed by atoms with van der Waals surface area (Å²) >= 11 is 0. The predicted molar refractivity (Wildman–Crippen MR) is 75.9 cm³/mol. The molecule has 19 heavy (non-hydrogen) atoms. The minimum absolute atomic E-state index is 0.255. The number of nitrogens with zero attached hydrogens (tertiary/aromatic N) is 1. The van der Waals surface area contributed by atoms with Crippen LogP contribution in [0.1, 0.15) is 24.8 Å². The van der Waals surface area contributed by atoms with Gasteiger partial charge in [0.05, 0.1) is 5.92 Å². The van der Waals surface area contributed by atoms with Crippen molar-refractivity contribution in [2.24, 2.45) is 5.92 Å². The first-order chi connectivity index (χ1) is 9.34. The Morgan fingerprint density at radius 3 is 2.89 bits per heavy atom. The van der Waals surface area contributed by atoms with Crippen molar-refractivity contribution in [2.75, 3.05) is 19.6 Å². The summed E-state index contributed by atoms with van der Waals surface area (Å²) in [5, 5.41) is 3.49. The monoisotopic (exact) mass is 258 g/mol. The SMILES string of the molecule is O=C1C2CCCNC2CN1CCCc1ccccc1. The Bertz CT molecular complexity index is 432. The molecule has 2 aliphatic rings. The molecule has 3 rings (SSSR count). The lowest BCUT2D eigenvalue weighted by atomic mass is 9.94. The van der Waals surface area contributed by atoms with Crippen LogP contribution >= 0.6 is 0 Å². The Morgan fingerprint density at radius 2 is 2.11 bits per heavy atom. The smallest absolute Gasteiger partial charge is 0.227 e. The molecule has 2 unspecified atom stereocenters. The third-order valence-corrected chi connectivity index (χ3v) is 4.37. The quantitative estimate of drug-likeness (QED) is 0.893. The number of aryl methyl sites for hydroxylation is 1. The number of amides is 1. The van der Waals surface area contributed by atoms with Crippen LogP contribution in [0.25, 0.3) is 0 Å². The molecule has 1 amide bonds. The highest BCUT2D eigenvalue weighted by molar-refractivity contribution is 5.82. The van der Waals surface area contributed by atoms with Crippen molar-refractivity contribution in [3.63, 3.8) is 0 Å². The summed E-state index contributed by atoms with van der Waals surface area (Å²) in [7, 11) is 0. The molecule has 2 aliphatic heterocycles. The van der Waals surface area contributed by atoms with E-state index in [1.54, 1.807) is 0 Å². The van der Waals surface area contributed by atoms with Crippen LogP contribution in [-0.4, -0.2) is 36.5 Å². The average molecular weight is 258 g/mol. The van der Waals surface area contributed by atoms with Gasteiger partial charge in [-0.2, -0.15) is 0 Å². The maximum atomic E-state index is 12.3. The minimum Gasteiger partial charge on any atom is -0.341 e. The van der Waals surface area contributed by atoms with Gasteiger partial charge in [0.15, 0.2) is 0 Å². The van der Waals surface area contributed by atoms with Crippen LogP contribution in [0.5, 0.6) is 0 Å². The third-order valence-electron chi connectivity index (χ3n) is 4.37. The molecule has 1 N–H and O–H groups in total. The summed E-state index contributed by atoms with van der Waals surface area (Å²) in [5.74, 6) is 0.635. The second kappa shape index (κ2) is 5.74. The summed E-state index contributed by atoms with van der Waals surface area (Å²) in [4.78, 5) is 14.3. The van der Waals surface area contributed by atoms with E-state index in [9.17, 15) is 4.79 Å². The molecule has 1 aromatic rings. The fourth-order valence-electron chi connectivity index (χ4n) is 3.32. The molecule has 0 spiro atoms. The van der Waals surface area contributed by atoms with Crippen molar-refractivity contribution in [3.05, 3.63) is 35.9 Å². The Balaban J connectivity index is 1.49. The lowest BCUT2D eigenvalue weighted by Gasteiger charge is -2.23. The van der Waals surface area contributed by atoms with Crippen LogP contribution in [0, 0.1) is 5.92 Å². The highest BCUT2D eigenvalue weighted by Crippen LogP contribution is 2.26. The second-order valence-corrected chi connectivity index (χ2v) is 5.68. The molecule has 3 heteroatoms. The molecule has 2 saturated heterocycles.